The fourth-order valence-corrected chi connectivity index (χ4v) is 4.06. The van der Waals surface area contributed by atoms with E-state index >= 15 is 0 Å². The summed E-state index contributed by atoms with van der Waals surface area (Å²) in [5, 5.41) is 0. The Kier molecular flexibility index (Phi) is 21.7. The molecule has 25 heavy (non-hydrogen) atoms. The molecule has 1 nitrogen and oxygen atoms in total. The van der Waals surface area contributed by atoms with Crippen LogP contribution >= 0.6 is 24.0 Å². The van der Waals surface area contributed by atoms with Gasteiger partial charge in [-0.25, -0.2) is 0 Å². The highest BCUT2D eigenvalue weighted by atomic mass is 127. The van der Waals surface area contributed by atoms with E-state index in [0.29, 0.717) is 0 Å². The van der Waals surface area contributed by atoms with Crippen molar-refractivity contribution in [1.82, 2.24) is 0 Å². The van der Waals surface area contributed by atoms with Gasteiger partial charge in [0.15, 0.2) is 0 Å². The fraction of sp³-hybridized carbons (Fsp3) is 1.00. The lowest BCUT2D eigenvalue weighted by molar-refractivity contribution is 0.193. The van der Waals surface area contributed by atoms with Crippen LogP contribution in [0.4, 0.5) is 0 Å². The van der Waals surface area contributed by atoms with Gasteiger partial charge >= 0.3 is 0 Å². The quantitative estimate of drug-likeness (QED) is 0.158. The minimum Gasteiger partial charge on any atom is -0.325 e. The molecule has 0 aliphatic carbocycles. The molecule has 0 aromatic rings. The van der Waals surface area contributed by atoms with Gasteiger partial charge in [0.25, 0.3) is 0 Å². The van der Waals surface area contributed by atoms with E-state index in [1.54, 1.807) is 0 Å². The standard InChI is InChI=1S/C23H49N.HI/c1-5-9-13-14-15-16-17-19-22(18-10-6-2)23(24,20-11-7-3)21-12-8-4;/h22H,5-21,24H2,1-4H3;1H. The summed E-state index contributed by atoms with van der Waals surface area (Å²) in [4.78, 5) is 0. The maximum absolute atomic E-state index is 7.04. The molecule has 0 aliphatic rings. The molecule has 1 unspecified atom stereocenters. The van der Waals surface area contributed by atoms with Gasteiger partial charge in [-0.2, -0.15) is 0 Å². The summed E-state index contributed by atoms with van der Waals surface area (Å²) in [5.41, 5.74) is 7.15. The molecule has 0 aliphatic heterocycles. The molecule has 0 spiro atoms. The van der Waals surface area contributed by atoms with E-state index in [9.17, 15) is 0 Å². The SMILES string of the molecule is CCCCCCCCCC(CCCC)C(N)(CCCC)CCCC.I. The van der Waals surface area contributed by atoms with Gasteiger partial charge in [0.2, 0.25) is 0 Å². The molecule has 0 amide bonds. The van der Waals surface area contributed by atoms with Crippen LogP contribution in [0.5, 0.6) is 0 Å². The van der Waals surface area contributed by atoms with E-state index in [2.05, 4.69) is 27.7 Å². The summed E-state index contributed by atoms with van der Waals surface area (Å²) in [6.07, 6.45) is 23.0. The van der Waals surface area contributed by atoms with Crippen molar-refractivity contribution in [2.75, 3.05) is 0 Å². The number of unbranched alkanes of at least 4 members (excludes halogenated alkanes) is 9. The number of hydrogen-bond donors (Lipinski definition) is 1. The Hall–Kier alpha value is 0.690. The third-order valence-electron chi connectivity index (χ3n) is 5.87. The summed E-state index contributed by atoms with van der Waals surface area (Å²) in [6, 6.07) is 0. The molecule has 0 saturated heterocycles. The van der Waals surface area contributed by atoms with Crippen LogP contribution in [0.2, 0.25) is 0 Å². The van der Waals surface area contributed by atoms with Gasteiger partial charge < -0.3 is 5.73 Å². The molecule has 154 valence electrons. The van der Waals surface area contributed by atoms with Gasteiger partial charge in [-0.3, -0.25) is 0 Å². The summed E-state index contributed by atoms with van der Waals surface area (Å²) < 4.78 is 0. The fourth-order valence-electron chi connectivity index (χ4n) is 4.06. The van der Waals surface area contributed by atoms with Crippen molar-refractivity contribution in [3.63, 3.8) is 0 Å². The van der Waals surface area contributed by atoms with Gasteiger partial charge in [0.1, 0.15) is 0 Å². The van der Waals surface area contributed by atoms with Crippen LogP contribution in [0.3, 0.4) is 0 Å². The second-order valence-corrected chi connectivity index (χ2v) is 8.19. The minimum absolute atomic E-state index is 0. The van der Waals surface area contributed by atoms with Crippen molar-refractivity contribution < 1.29 is 0 Å². The second-order valence-electron chi connectivity index (χ2n) is 8.19. The third kappa shape index (κ3) is 14.4. The van der Waals surface area contributed by atoms with Crippen molar-refractivity contribution in [1.29, 1.82) is 0 Å². The number of nitrogens with two attached hydrogens (primary N) is 1. The minimum atomic E-state index is 0. The zero-order chi connectivity index (χ0) is 18.1. The van der Waals surface area contributed by atoms with Crippen molar-refractivity contribution >= 4 is 24.0 Å². The first kappa shape index (κ1) is 27.9. The smallest absolute Gasteiger partial charge is 0.0182 e. The molecule has 0 aromatic carbocycles. The molecule has 0 rings (SSSR count). The Morgan fingerprint density at radius 1 is 0.560 bits per heavy atom. The normalized spacial score (nSPS) is 12.8. The van der Waals surface area contributed by atoms with Crippen LogP contribution < -0.4 is 5.73 Å². The van der Waals surface area contributed by atoms with Gasteiger partial charge in [-0.1, -0.05) is 111 Å². The van der Waals surface area contributed by atoms with Crippen molar-refractivity contribution in [3.05, 3.63) is 0 Å². The molecule has 0 bridgehead atoms. The largest absolute Gasteiger partial charge is 0.325 e. The van der Waals surface area contributed by atoms with Crippen LogP contribution in [-0.2, 0) is 0 Å². The van der Waals surface area contributed by atoms with Gasteiger partial charge in [-0.05, 0) is 31.6 Å². The van der Waals surface area contributed by atoms with E-state index in [0.717, 1.165) is 5.92 Å². The lowest BCUT2D eigenvalue weighted by atomic mass is 9.72. The Balaban J connectivity index is 0. The average molecular weight is 468 g/mol. The first-order valence-corrected chi connectivity index (χ1v) is 11.4. The summed E-state index contributed by atoms with van der Waals surface area (Å²) in [6.45, 7) is 9.22. The summed E-state index contributed by atoms with van der Waals surface area (Å²) >= 11 is 0. The Bertz CT molecular complexity index is 246. The predicted molar refractivity (Wildman–Crippen MR) is 127 cm³/mol. The molecule has 2 N–H and O–H groups in total. The summed E-state index contributed by atoms with van der Waals surface area (Å²) in [7, 11) is 0. The van der Waals surface area contributed by atoms with Gasteiger partial charge in [0, 0.05) is 5.54 Å². The van der Waals surface area contributed by atoms with Crippen LogP contribution in [0, 0.1) is 5.92 Å². The third-order valence-corrected chi connectivity index (χ3v) is 5.87. The Labute approximate surface area is 177 Å². The zero-order valence-electron chi connectivity index (χ0n) is 18.1. The lowest BCUT2D eigenvalue weighted by Crippen LogP contribution is -2.47. The van der Waals surface area contributed by atoms with Gasteiger partial charge in [0.05, 0.1) is 0 Å². The lowest BCUT2D eigenvalue weighted by Gasteiger charge is -2.39. The second kappa shape index (κ2) is 19.5. The molecule has 0 aromatic heterocycles. The molecule has 2 heteroatoms. The monoisotopic (exact) mass is 467 g/mol. The summed E-state index contributed by atoms with van der Waals surface area (Å²) in [5.74, 6) is 0.756. The number of hydrogen-bond acceptors (Lipinski definition) is 1. The van der Waals surface area contributed by atoms with Crippen molar-refractivity contribution in [2.24, 2.45) is 11.7 Å². The zero-order valence-corrected chi connectivity index (χ0v) is 20.4. The van der Waals surface area contributed by atoms with Crippen LogP contribution in [0.15, 0.2) is 0 Å². The highest BCUT2D eigenvalue weighted by Gasteiger charge is 2.32. The van der Waals surface area contributed by atoms with Crippen LogP contribution in [0.25, 0.3) is 0 Å². The number of halogens is 1. The maximum Gasteiger partial charge on any atom is 0.0182 e. The first-order chi connectivity index (χ1) is 11.6. The molecule has 0 saturated carbocycles. The van der Waals surface area contributed by atoms with E-state index in [1.165, 1.54) is 109 Å². The number of rotatable bonds is 18. The van der Waals surface area contributed by atoms with E-state index in [4.69, 9.17) is 5.73 Å². The molecule has 1 atom stereocenters. The van der Waals surface area contributed by atoms with E-state index < -0.39 is 0 Å². The maximum atomic E-state index is 7.04. The molecule has 0 heterocycles. The highest BCUT2D eigenvalue weighted by molar-refractivity contribution is 14.0. The van der Waals surface area contributed by atoms with Gasteiger partial charge in [-0.15, -0.1) is 24.0 Å². The van der Waals surface area contributed by atoms with E-state index in [-0.39, 0.29) is 29.5 Å². The molecule has 0 fully saturated rings. The van der Waals surface area contributed by atoms with E-state index in [1.807, 2.05) is 0 Å². The van der Waals surface area contributed by atoms with Crippen LogP contribution in [0.1, 0.15) is 137 Å². The van der Waals surface area contributed by atoms with Crippen molar-refractivity contribution in [3.8, 4) is 0 Å². The average Bonchev–Trinajstić information content (AvgIpc) is 2.59. The Morgan fingerprint density at radius 2 is 0.960 bits per heavy atom. The molecular weight excluding hydrogens is 417 g/mol. The molecule has 0 radical (unpaired) electrons. The first-order valence-electron chi connectivity index (χ1n) is 11.4. The van der Waals surface area contributed by atoms with Crippen molar-refractivity contribution in [2.45, 2.75) is 142 Å². The predicted octanol–water partition coefficient (Wildman–Crippen LogP) is 8.63. The Morgan fingerprint density at radius 3 is 1.44 bits per heavy atom. The molecular formula is C23H50IN. The topological polar surface area (TPSA) is 26.0 Å². The van der Waals surface area contributed by atoms with Crippen LogP contribution in [-0.4, -0.2) is 5.54 Å². The highest BCUT2D eigenvalue weighted by Crippen LogP contribution is 2.34.